The van der Waals surface area contributed by atoms with Crippen molar-refractivity contribution in [2.45, 2.75) is 5.16 Å². The Balaban J connectivity index is 1.45. The van der Waals surface area contributed by atoms with Gasteiger partial charge in [0.1, 0.15) is 5.75 Å². The second-order valence-corrected chi connectivity index (χ2v) is 8.34. The van der Waals surface area contributed by atoms with E-state index in [1.165, 1.54) is 25.1 Å². The van der Waals surface area contributed by atoms with Crippen molar-refractivity contribution in [3.05, 3.63) is 90.0 Å². The molecule has 36 heavy (non-hydrogen) atoms. The molecule has 10 heteroatoms. The lowest BCUT2D eigenvalue weighted by Crippen LogP contribution is -2.20. The summed E-state index contributed by atoms with van der Waals surface area (Å²) in [4.78, 5) is 23.9. The number of aromatic nitrogens is 3. The second-order valence-electron chi connectivity index (χ2n) is 7.40. The number of hydrogen-bond donors (Lipinski definition) is 1. The molecule has 1 N–H and O–H groups in total. The molecule has 3 aromatic carbocycles. The molecule has 0 radical (unpaired) electrons. The second kappa shape index (κ2) is 11.8. The Morgan fingerprint density at radius 1 is 0.972 bits per heavy atom. The van der Waals surface area contributed by atoms with Crippen molar-refractivity contribution < 1.29 is 19.1 Å². The summed E-state index contributed by atoms with van der Waals surface area (Å²) in [5.74, 6) is 0.771. The van der Waals surface area contributed by atoms with Crippen LogP contribution >= 0.6 is 11.8 Å². The summed E-state index contributed by atoms with van der Waals surface area (Å²) in [6, 6.07) is 23.9. The highest BCUT2D eigenvalue weighted by Crippen LogP contribution is 2.28. The van der Waals surface area contributed by atoms with Crippen LogP contribution < -0.4 is 10.2 Å². The van der Waals surface area contributed by atoms with Gasteiger partial charge in [0.2, 0.25) is 0 Å². The average Bonchev–Trinajstić information content (AvgIpc) is 3.36. The molecular formula is C26H23N5O4S. The summed E-state index contributed by atoms with van der Waals surface area (Å²) in [6.07, 6.45) is 1.50. The molecule has 4 rings (SSSR count). The van der Waals surface area contributed by atoms with E-state index in [-0.39, 0.29) is 11.7 Å². The molecule has 182 valence electrons. The molecule has 0 aliphatic heterocycles. The smallest absolute Gasteiger partial charge is 0.337 e. The first-order valence-corrected chi connectivity index (χ1v) is 11.9. The van der Waals surface area contributed by atoms with Gasteiger partial charge in [0.05, 0.1) is 31.8 Å². The normalized spacial score (nSPS) is 10.8. The lowest BCUT2D eigenvalue weighted by Gasteiger charge is -2.11. The van der Waals surface area contributed by atoms with Gasteiger partial charge in [-0.2, -0.15) is 5.10 Å². The summed E-state index contributed by atoms with van der Waals surface area (Å²) in [6.45, 7) is 0. The predicted molar refractivity (Wildman–Crippen MR) is 138 cm³/mol. The number of carbonyl (C=O) groups excluding carboxylic acids is 2. The van der Waals surface area contributed by atoms with Crippen LogP contribution in [0.1, 0.15) is 15.9 Å². The minimum Gasteiger partial charge on any atom is -0.497 e. The number of hydrazone groups is 1. The molecule has 1 aromatic heterocycles. The number of methoxy groups -OCH3 is 2. The van der Waals surface area contributed by atoms with E-state index in [1.54, 1.807) is 31.4 Å². The quantitative estimate of drug-likeness (QED) is 0.160. The van der Waals surface area contributed by atoms with E-state index in [2.05, 4.69) is 25.5 Å². The molecule has 0 saturated heterocycles. The van der Waals surface area contributed by atoms with Crippen LogP contribution in [0.4, 0.5) is 0 Å². The highest BCUT2D eigenvalue weighted by molar-refractivity contribution is 7.99. The number of benzene rings is 3. The molecular weight excluding hydrogens is 478 g/mol. The number of thioether (sulfide) groups is 1. The van der Waals surface area contributed by atoms with Crippen LogP contribution in [-0.4, -0.2) is 52.8 Å². The van der Waals surface area contributed by atoms with Gasteiger partial charge in [-0.25, -0.2) is 10.2 Å². The molecule has 0 saturated carbocycles. The van der Waals surface area contributed by atoms with Gasteiger partial charge in [0.15, 0.2) is 11.0 Å². The predicted octanol–water partition coefficient (Wildman–Crippen LogP) is 3.97. The lowest BCUT2D eigenvalue weighted by atomic mass is 10.1. The molecule has 0 aliphatic carbocycles. The zero-order valence-electron chi connectivity index (χ0n) is 19.6. The fourth-order valence-corrected chi connectivity index (χ4v) is 4.01. The summed E-state index contributed by atoms with van der Waals surface area (Å²) in [5.41, 5.74) is 5.41. The molecule has 0 atom stereocenters. The molecule has 4 aromatic rings. The van der Waals surface area contributed by atoms with Gasteiger partial charge < -0.3 is 9.47 Å². The number of carbonyl (C=O) groups is 2. The summed E-state index contributed by atoms with van der Waals surface area (Å²) < 4.78 is 11.8. The summed E-state index contributed by atoms with van der Waals surface area (Å²) in [5, 5.41) is 13.3. The summed E-state index contributed by atoms with van der Waals surface area (Å²) >= 11 is 1.25. The van der Waals surface area contributed by atoms with Crippen LogP contribution in [0.3, 0.4) is 0 Å². The van der Waals surface area contributed by atoms with Gasteiger partial charge in [-0.1, -0.05) is 54.2 Å². The Hall–Kier alpha value is -4.44. The Morgan fingerprint density at radius 3 is 2.36 bits per heavy atom. The first-order chi connectivity index (χ1) is 17.6. The third kappa shape index (κ3) is 5.97. The maximum absolute atomic E-state index is 12.4. The van der Waals surface area contributed by atoms with Gasteiger partial charge in [0, 0.05) is 11.3 Å². The third-order valence-corrected chi connectivity index (χ3v) is 5.99. The minimum absolute atomic E-state index is 0.0850. The van der Waals surface area contributed by atoms with E-state index in [0.717, 1.165) is 22.6 Å². The topological polar surface area (TPSA) is 108 Å². The number of nitrogens with one attached hydrogen (secondary N) is 1. The zero-order chi connectivity index (χ0) is 25.3. The molecule has 0 spiro atoms. The Kier molecular flexibility index (Phi) is 8.09. The SMILES string of the molecule is COC(=O)c1ccc(/C=N/NC(=O)CSc2nnc(-c3ccccc3)n2-c2ccc(OC)cc2)cc1. The highest BCUT2D eigenvalue weighted by atomic mass is 32.2. The largest absolute Gasteiger partial charge is 0.497 e. The highest BCUT2D eigenvalue weighted by Gasteiger charge is 2.17. The van der Waals surface area contributed by atoms with Crippen molar-refractivity contribution in [2.24, 2.45) is 5.10 Å². The average molecular weight is 502 g/mol. The lowest BCUT2D eigenvalue weighted by molar-refractivity contribution is -0.118. The van der Waals surface area contributed by atoms with Gasteiger partial charge in [0.25, 0.3) is 5.91 Å². The van der Waals surface area contributed by atoms with E-state index < -0.39 is 5.97 Å². The van der Waals surface area contributed by atoms with Gasteiger partial charge in [-0.05, 0) is 42.0 Å². The number of amides is 1. The first kappa shape index (κ1) is 24.7. The standard InChI is InChI=1S/C26H23N5O4S/c1-34-22-14-12-21(13-15-22)31-24(19-6-4-3-5-7-19)29-30-26(31)36-17-23(32)28-27-16-18-8-10-20(11-9-18)25(33)35-2/h3-16H,17H2,1-2H3,(H,28,32)/b27-16+. The summed E-state index contributed by atoms with van der Waals surface area (Å²) in [7, 11) is 2.94. The van der Waals surface area contributed by atoms with Gasteiger partial charge in [-0.3, -0.25) is 9.36 Å². The number of esters is 1. The number of nitrogens with zero attached hydrogens (tertiary/aromatic N) is 4. The van der Waals surface area contributed by atoms with Crippen LogP contribution in [-0.2, 0) is 9.53 Å². The van der Waals surface area contributed by atoms with Crippen molar-refractivity contribution in [1.82, 2.24) is 20.2 Å². The van der Waals surface area contributed by atoms with Crippen LogP contribution in [0.15, 0.2) is 89.1 Å². The molecule has 1 amide bonds. The molecule has 0 fully saturated rings. The maximum Gasteiger partial charge on any atom is 0.337 e. The maximum atomic E-state index is 12.4. The first-order valence-electron chi connectivity index (χ1n) is 10.9. The van der Waals surface area contributed by atoms with Crippen molar-refractivity contribution in [3.8, 4) is 22.8 Å². The van der Waals surface area contributed by atoms with Crippen molar-refractivity contribution >= 4 is 29.9 Å². The van der Waals surface area contributed by atoms with Gasteiger partial charge >= 0.3 is 5.97 Å². The Morgan fingerprint density at radius 2 is 1.69 bits per heavy atom. The molecule has 1 heterocycles. The van der Waals surface area contributed by atoms with E-state index >= 15 is 0 Å². The minimum atomic E-state index is -0.415. The van der Waals surface area contributed by atoms with Crippen LogP contribution in [0.2, 0.25) is 0 Å². The molecule has 0 aliphatic rings. The van der Waals surface area contributed by atoms with Crippen LogP contribution in [0.5, 0.6) is 5.75 Å². The zero-order valence-corrected chi connectivity index (χ0v) is 20.4. The Labute approximate surface area is 212 Å². The molecule has 0 bridgehead atoms. The van der Waals surface area contributed by atoms with Crippen molar-refractivity contribution in [1.29, 1.82) is 0 Å². The van der Waals surface area contributed by atoms with Crippen LogP contribution in [0, 0.1) is 0 Å². The Bertz CT molecular complexity index is 1350. The van der Waals surface area contributed by atoms with E-state index in [1.807, 2.05) is 59.2 Å². The number of ether oxygens (including phenoxy) is 2. The van der Waals surface area contributed by atoms with Crippen molar-refractivity contribution in [3.63, 3.8) is 0 Å². The van der Waals surface area contributed by atoms with Crippen molar-refractivity contribution in [2.75, 3.05) is 20.0 Å². The van der Waals surface area contributed by atoms with Gasteiger partial charge in [-0.15, -0.1) is 10.2 Å². The fraction of sp³-hybridized carbons (Fsp3) is 0.115. The fourth-order valence-electron chi connectivity index (χ4n) is 3.27. The molecule has 0 unspecified atom stereocenters. The number of hydrogen-bond acceptors (Lipinski definition) is 8. The monoisotopic (exact) mass is 501 g/mol. The van der Waals surface area contributed by atoms with E-state index in [0.29, 0.717) is 16.5 Å². The number of rotatable bonds is 9. The van der Waals surface area contributed by atoms with Crippen LogP contribution in [0.25, 0.3) is 17.1 Å². The molecule has 9 nitrogen and oxygen atoms in total. The third-order valence-electron chi connectivity index (χ3n) is 5.06. The van der Waals surface area contributed by atoms with E-state index in [9.17, 15) is 9.59 Å². The van der Waals surface area contributed by atoms with E-state index in [4.69, 9.17) is 4.74 Å².